The first kappa shape index (κ1) is 15.6. The number of nitrogens with one attached hydrogen (secondary N) is 1. The number of aliphatic hydroxyl groups is 1. The maximum absolute atomic E-state index is 12.6. The number of amides is 1. The number of carbonyl (C=O) groups is 1. The summed E-state index contributed by atoms with van der Waals surface area (Å²) in [6, 6.07) is 10.8. The maximum atomic E-state index is 12.6. The van der Waals surface area contributed by atoms with E-state index in [9.17, 15) is 9.90 Å². The fraction of sp³-hybridized carbons (Fsp3) is 0.278. The average Bonchev–Trinajstić information content (AvgIpc) is 3.25. The Morgan fingerprint density at radius 3 is 2.80 bits per heavy atom. The number of aryl methyl sites for hydroxylation is 1. The molecule has 128 valence electrons. The second kappa shape index (κ2) is 6.18. The van der Waals surface area contributed by atoms with Crippen molar-refractivity contribution in [3.63, 3.8) is 0 Å². The molecule has 0 radical (unpaired) electrons. The number of rotatable bonds is 4. The molecule has 7 nitrogen and oxygen atoms in total. The van der Waals surface area contributed by atoms with Gasteiger partial charge in [-0.05, 0) is 31.5 Å². The van der Waals surface area contributed by atoms with Gasteiger partial charge in [-0.15, -0.1) is 0 Å². The van der Waals surface area contributed by atoms with E-state index in [1.807, 2.05) is 30.3 Å². The van der Waals surface area contributed by atoms with Crippen LogP contribution in [0.2, 0.25) is 0 Å². The van der Waals surface area contributed by atoms with E-state index in [0.29, 0.717) is 18.0 Å². The van der Waals surface area contributed by atoms with Crippen molar-refractivity contribution in [3.8, 4) is 11.5 Å². The lowest BCUT2D eigenvalue weighted by atomic mass is 9.83. The van der Waals surface area contributed by atoms with E-state index in [1.165, 1.54) is 0 Å². The molecule has 3 atom stereocenters. The number of aromatic nitrogens is 3. The van der Waals surface area contributed by atoms with Gasteiger partial charge >= 0.3 is 0 Å². The quantitative estimate of drug-likeness (QED) is 0.758. The molecule has 1 amide bonds. The number of carbonyl (C=O) groups excluding carboxylic acids is 1. The van der Waals surface area contributed by atoms with Crippen LogP contribution < -0.4 is 5.32 Å². The van der Waals surface area contributed by atoms with E-state index in [2.05, 4.69) is 15.4 Å². The molecule has 1 aromatic carbocycles. The van der Waals surface area contributed by atoms with Gasteiger partial charge in [0.25, 0.3) is 5.91 Å². The first-order chi connectivity index (χ1) is 12.1. The van der Waals surface area contributed by atoms with Crippen molar-refractivity contribution in [2.75, 3.05) is 0 Å². The Bertz CT molecular complexity index is 873. The molecule has 7 heteroatoms. The Hall–Kier alpha value is -2.93. The molecule has 0 aliphatic heterocycles. The minimum absolute atomic E-state index is 0.194. The minimum Gasteiger partial charge on any atom is -0.431 e. The summed E-state index contributed by atoms with van der Waals surface area (Å²) in [5.41, 5.74) is 1.35. The lowest BCUT2D eigenvalue weighted by Crippen LogP contribution is -2.56. The van der Waals surface area contributed by atoms with E-state index in [-0.39, 0.29) is 23.8 Å². The maximum Gasteiger partial charge on any atom is 0.289 e. The highest BCUT2D eigenvalue weighted by Crippen LogP contribution is 2.32. The van der Waals surface area contributed by atoms with Gasteiger partial charge in [0.2, 0.25) is 11.7 Å². The number of hydrogen-bond donors (Lipinski definition) is 2. The first-order valence-corrected chi connectivity index (χ1v) is 8.14. The first-order valence-electron chi connectivity index (χ1n) is 8.14. The van der Waals surface area contributed by atoms with E-state index in [4.69, 9.17) is 4.42 Å². The Morgan fingerprint density at radius 2 is 2.12 bits per heavy atom. The molecule has 0 saturated heterocycles. The van der Waals surface area contributed by atoms with E-state index >= 15 is 0 Å². The zero-order valence-electron chi connectivity index (χ0n) is 13.7. The Balaban J connectivity index is 1.51. The molecular formula is C18H18N4O3. The highest BCUT2D eigenvalue weighted by Gasteiger charge is 2.43. The second-order valence-electron chi connectivity index (χ2n) is 6.16. The summed E-state index contributed by atoms with van der Waals surface area (Å²) in [4.78, 5) is 16.9. The highest BCUT2D eigenvalue weighted by molar-refractivity contribution is 5.93. The molecule has 4 rings (SSSR count). The second-order valence-corrected chi connectivity index (χ2v) is 6.16. The number of oxazole rings is 1. The van der Waals surface area contributed by atoms with Crippen LogP contribution in [-0.4, -0.2) is 37.9 Å². The smallest absolute Gasteiger partial charge is 0.289 e. The molecule has 2 N–H and O–H groups in total. The monoisotopic (exact) mass is 338 g/mol. The van der Waals surface area contributed by atoms with Gasteiger partial charge < -0.3 is 14.8 Å². The third-order valence-electron chi connectivity index (χ3n) is 4.47. The van der Waals surface area contributed by atoms with Crippen LogP contribution in [0.4, 0.5) is 0 Å². The van der Waals surface area contributed by atoms with Gasteiger partial charge in [-0.3, -0.25) is 9.48 Å². The van der Waals surface area contributed by atoms with Gasteiger partial charge in [0.05, 0.1) is 23.9 Å². The summed E-state index contributed by atoms with van der Waals surface area (Å²) in [5.74, 6) is 0.279. The van der Waals surface area contributed by atoms with Crippen LogP contribution in [0.3, 0.4) is 0 Å². The summed E-state index contributed by atoms with van der Waals surface area (Å²) in [7, 11) is 0. The van der Waals surface area contributed by atoms with E-state index < -0.39 is 6.10 Å². The summed E-state index contributed by atoms with van der Waals surface area (Å²) in [6.45, 7) is 1.74. The summed E-state index contributed by atoms with van der Waals surface area (Å²) in [5, 5.41) is 17.1. The minimum atomic E-state index is -0.527. The largest absolute Gasteiger partial charge is 0.431 e. The highest BCUT2D eigenvalue weighted by atomic mass is 16.4. The summed E-state index contributed by atoms with van der Waals surface area (Å²) in [6.07, 6.45) is 3.38. The molecule has 0 spiro atoms. The van der Waals surface area contributed by atoms with Crippen molar-refractivity contribution >= 4 is 5.91 Å². The molecule has 3 aromatic rings. The number of benzene rings is 1. The summed E-state index contributed by atoms with van der Waals surface area (Å²) < 4.78 is 7.34. The van der Waals surface area contributed by atoms with Crippen LogP contribution >= 0.6 is 0 Å². The van der Waals surface area contributed by atoms with Crippen LogP contribution in [0.1, 0.15) is 28.7 Å². The van der Waals surface area contributed by atoms with Crippen LogP contribution in [0, 0.1) is 6.92 Å². The molecular weight excluding hydrogens is 320 g/mol. The molecule has 2 heterocycles. The molecule has 1 aliphatic rings. The lowest BCUT2D eigenvalue weighted by Gasteiger charge is -2.41. The molecule has 0 unspecified atom stereocenters. The molecule has 1 saturated carbocycles. The predicted molar refractivity (Wildman–Crippen MR) is 89.8 cm³/mol. The van der Waals surface area contributed by atoms with E-state index in [1.54, 1.807) is 30.1 Å². The molecule has 2 aromatic heterocycles. The Labute approximate surface area is 144 Å². The third kappa shape index (κ3) is 2.83. The van der Waals surface area contributed by atoms with Crippen molar-refractivity contribution in [2.45, 2.75) is 31.5 Å². The zero-order chi connectivity index (χ0) is 17.4. The van der Waals surface area contributed by atoms with Gasteiger partial charge in [0.1, 0.15) is 0 Å². The van der Waals surface area contributed by atoms with Crippen LogP contribution in [0.15, 0.2) is 53.2 Å². The third-order valence-corrected chi connectivity index (χ3v) is 4.47. The fourth-order valence-corrected chi connectivity index (χ4v) is 3.12. The summed E-state index contributed by atoms with van der Waals surface area (Å²) >= 11 is 0. The van der Waals surface area contributed by atoms with Gasteiger partial charge in [0, 0.05) is 18.0 Å². The van der Waals surface area contributed by atoms with Gasteiger partial charge in [-0.1, -0.05) is 18.2 Å². The lowest BCUT2D eigenvalue weighted by molar-refractivity contribution is -0.00624. The van der Waals surface area contributed by atoms with Crippen LogP contribution in [-0.2, 0) is 0 Å². The van der Waals surface area contributed by atoms with Crippen molar-refractivity contribution in [1.29, 1.82) is 0 Å². The van der Waals surface area contributed by atoms with E-state index in [0.717, 1.165) is 5.56 Å². The topological polar surface area (TPSA) is 93.2 Å². The van der Waals surface area contributed by atoms with Crippen molar-refractivity contribution in [3.05, 3.63) is 60.2 Å². The van der Waals surface area contributed by atoms with Crippen molar-refractivity contribution < 1.29 is 14.3 Å². The molecule has 0 bridgehead atoms. The van der Waals surface area contributed by atoms with Crippen molar-refractivity contribution in [1.82, 2.24) is 20.1 Å². The fourth-order valence-electron chi connectivity index (χ4n) is 3.12. The Morgan fingerprint density at radius 1 is 1.32 bits per heavy atom. The van der Waals surface area contributed by atoms with Gasteiger partial charge in [0.15, 0.2) is 0 Å². The number of nitrogens with zero attached hydrogens (tertiary/aromatic N) is 3. The SMILES string of the molecule is Cc1nc(-c2ccccc2)oc1C(=O)N[C@H]1C[C@@H](O)[C@@H]1n1cccn1. The zero-order valence-corrected chi connectivity index (χ0v) is 13.7. The number of aliphatic hydroxyl groups excluding tert-OH is 1. The van der Waals surface area contributed by atoms with Crippen molar-refractivity contribution in [2.24, 2.45) is 0 Å². The van der Waals surface area contributed by atoms with Crippen LogP contribution in [0.5, 0.6) is 0 Å². The normalized spacial score (nSPS) is 22.4. The number of hydrogen-bond acceptors (Lipinski definition) is 5. The van der Waals surface area contributed by atoms with Gasteiger partial charge in [-0.2, -0.15) is 5.10 Å². The predicted octanol–water partition coefficient (Wildman–Crippen LogP) is 1.95. The van der Waals surface area contributed by atoms with Crippen LogP contribution in [0.25, 0.3) is 11.5 Å². The average molecular weight is 338 g/mol. The Kier molecular flexibility index (Phi) is 3.85. The van der Waals surface area contributed by atoms with Gasteiger partial charge in [-0.25, -0.2) is 4.98 Å². The molecule has 1 aliphatic carbocycles. The molecule has 1 fully saturated rings. The standard InChI is InChI=1S/C18H18N4O3/c1-11-16(25-18(20-11)12-6-3-2-4-7-12)17(24)21-13-10-14(23)15(13)22-9-5-8-19-22/h2-9,13-15,23H,10H2,1H3,(H,21,24)/t13-,14+,15+/m0/s1. The molecule has 25 heavy (non-hydrogen) atoms.